The lowest BCUT2D eigenvalue weighted by Crippen LogP contribution is -2.41. The molecule has 1 aliphatic heterocycles. The van der Waals surface area contributed by atoms with Gasteiger partial charge in [-0.3, -0.25) is 4.79 Å². The van der Waals surface area contributed by atoms with Gasteiger partial charge in [-0.25, -0.2) is 0 Å². The van der Waals surface area contributed by atoms with E-state index >= 15 is 0 Å². The van der Waals surface area contributed by atoms with Gasteiger partial charge in [0.25, 0.3) is 0 Å². The number of benzene rings is 2. The average Bonchev–Trinajstić information content (AvgIpc) is 3.24. The van der Waals surface area contributed by atoms with Crippen molar-refractivity contribution in [1.29, 1.82) is 0 Å². The van der Waals surface area contributed by atoms with Crippen molar-refractivity contribution >= 4 is 5.91 Å². The van der Waals surface area contributed by atoms with Crippen molar-refractivity contribution in [2.24, 2.45) is 11.8 Å². The van der Waals surface area contributed by atoms with E-state index in [-0.39, 0.29) is 5.92 Å². The summed E-state index contributed by atoms with van der Waals surface area (Å²) >= 11 is 0. The lowest BCUT2D eigenvalue weighted by atomic mass is 9.89. The lowest BCUT2D eigenvalue weighted by molar-refractivity contribution is -0.132. The number of rotatable bonds is 11. The van der Waals surface area contributed by atoms with E-state index in [9.17, 15) is 4.79 Å². The molecule has 3 aliphatic rings. The number of unbranched alkanes of at least 4 members (excludes halogenated alkanes) is 1. The molecule has 194 valence electrons. The summed E-state index contributed by atoms with van der Waals surface area (Å²) in [6, 6.07) is 17.2. The van der Waals surface area contributed by atoms with Gasteiger partial charge in [0.1, 0.15) is 0 Å². The molecule has 0 unspecified atom stereocenters. The van der Waals surface area contributed by atoms with Gasteiger partial charge in [0.2, 0.25) is 5.91 Å². The van der Waals surface area contributed by atoms with Crippen molar-refractivity contribution in [3.63, 3.8) is 0 Å². The summed E-state index contributed by atoms with van der Waals surface area (Å²) in [6.45, 7) is 6.42. The molecular weight excluding hydrogens is 442 g/mol. The smallest absolute Gasteiger partial charge is 0.223 e. The Morgan fingerprint density at radius 1 is 0.722 bits per heavy atom. The van der Waals surface area contributed by atoms with Crippen LogP contribution in [0.15, 0.2) is 48.5 Å². The number of hydrogen-bond acceptors (Lipinski definition) is 3. The molecule has 4 nitrogen and oxygen atoms in total. The Balaban J connectivity index is 0.971. The van der Waals surface area contributed by atoms with E-state index in [4.69, 9.17) is 0 Å². The molecule has 2 aromatic carbocycles. The van der Waals surface area contributed by atoms with Gasteiger partial charge in [0.05, 0.1) is 0 Å². The lowest BCUT2D eigenvalue weighted by Gasteiger charge is -2.33. The second-order valence-electron chi connectivity index (χ2n) is 11.4. The molecule has 1 heterocycles. The zero-order chi connectivity index (χ0) is 24.6. The molecule has 0 atom stereocenters. The SMILES string of the molecule is O=C(CC1c2ccccc2-c2ccccc21)N1CCC(CNCCCCNCC2CCCCC2)CC1. The zero-order valence-electron chi connectivity index (χ0n) is 22.0. The Morgan fingerprint density at radius 2 is 1.25 bits per heavy atom. The number of likely N-dealkylation sites (tertiary alicyclic amines) is 1. The molecule has 0 radical (unpaired) electrons. The van der Waals surface area contributed by atoms with Crippen LogP contribution in [0.5, 0.6) is 0 Å². The summed E-state index contributed by atoms with van der Waals surface area (Å²) in [5.41, 5.74) is 5.23. The first-order chi connectivity index (χ1) is 17.8. The maximum Gasteiger partial charge on any atom is 0.223 e. The van der Waals surface area contributed by atoms with E-state index < -0.39 is 0 Å². The molecule has 0 aromatic heterocycles. The number of piperidine rings is 1. The van der Waals surface area contributed by atoms with Crippen molar-refractivity contribution in [2.75, 3.05) is 39.3 Å². The van der Waals surface area contributed by atoms with E-state index in [0.29, 0.717) is 18.2 Å². The number of fused-ring (bicyclic) bond motifs is 3. The Morgan fingerprint density at radius 3 is 1.83 bits per heavy atom. The fourth-order valence-corrected chi connectivity index (χ4v) is 6.67. The highest BCUT2D eigenvalue weighted by Gasteiger charge is 2.32. The summed E-state index contributed by atoms with van der Waals surface area (Å²) < 4.78 is 0. The zero-order valence-corrected chi connectivity index (χ0v) is 22.0. The highest BCUT2D eigenvalue weighted by atomic mass is 16.2. The van der Waals surface area contributed by atoms with Gasteiger partial charge in [-0.2, -0.15) is 0 Å². The van der Waals surface area contributed by atoms with Crippen molar-refractivity contribution < 1.29 is 4.79 Å². The average molecular weight is 488 g/mol. The van der Waals surface area contributed by atoms with Crippen molar-refractivity contribution in [2.45, 2.75) is 70.1 Å². The first-order valence-corrected chi connectivity index (χ1v) is 14.7. The quantitative estimate of drug-likeness (QED) is 0.384. The van der Waals surface area contributed by atoms with E-state index in [2.05, 4.69) is 64.1 Å². The molecule has 2 N–H and O–H groups in total. The third-order valence-electron chi connectivity index (χ3n) is 8.86. The highest BCUT2D eigenvalue weighted by Crippen LogP contribution is 2.46. The van der Waals surface area contributed by atoms with E-state index in [1.54, 1.807) is 0 Å². The second kappa shape index (κ2) is 12.9. The highest BCUT2D eigenvalue weighted by molar-refractivity contribution is 5.84. The summed E-state index contributed by atoms with van der Waals surface area (Å²) in [5, 5.41) is 7.37. The first kappa shape index (κ1) is 25.5. The van der Waals surface area contributed by atoms with Crippen LogP contribution in [0.25, 0.3) is 11.1 Å². The van der Waals surface area contributed by atoms with E-state index in [1.807, 2.05) is 0 Å². The van der Waals surface area contributed by atoms with Gasteiger partial charge in [-0.15, -0.1) is 0 Å². The molecule has 1 saturated carbocycles. The Bertz CT molecular complexity index is 929. The molecule has 36 heavy (non-hydrogen) atoms. The van der Waals surface area contributed by atoms with Gasteiger partial charge in [-0.05, 0) is 98.8 Å². The molecule has 4 heteroatoms. The van der Waals surface area contributed by atoms with Crippen LogP contribution in [0.2, 0.25) is 0 Å². The fourth-order valence-electron chi connectivity index (χ4n) is 6.67. The topological polar surface area (TPSA) is 44.4 Å². The van der Waals surface area contributed by atoms with Crippen LogP contribution < -0.4 is 10.6 Å². The molecule has 0 spiro atoms. The summed E-state index contributed by atoms with van der Waals surface area (Å²) in [7, 11) is 0. The summed E-state index contributed by atoms with van der Waals surface area (Å²) in [5.74, 6) is 2.14. The minimum atomic E-state index is 0.196. The summed E-state index contributed by atoms with van der Waals surface area (Å²) in [6.07, 6.45) is 12.5. The molecule has 1 amide bonds. The maximum absolute atomic E-state index is 13.3. The number of nitrogens with zero attached hydrogens (tertiary/aromatic N) is 1. The molecular formula is C32H45N3O. The monoisotopic (exact) mass is 487 g/mol. The third kappa shape index (κ3) is 6.39. The van der Waals surface area contributed by atoms with Gasteiger partial charge in [-0.1, -0.05) is 67.8 Å². The first-order valence-electron chi connectivity index (χ1n) is 14.7. The van der Waals surface area contributed by atoms with Crippen LogP contribution in [0.4, 0.5) is 0 Å². The predicted octanol–water partition coefficient (Wildman–Crippen LogP) is 5.97. The molecule has 2 aliphatic carbocycles. The summed E-state index contributed by atoms with van der Waals surface area (Å²) in [4.78, 5) is 15.4. The largest absolute Gasteiger partial charge is 0.343 e. The van der Waals surface area contributed by atoms with Crippen LogP contribution in [0.1, 0.15) is 81.3 Å². The Hall–Kier alpha value is -2.17. The molecule has 2 fully saturated rings. The molecule has 0 bridgehead atoms. The van der Waals surface area contributed by atoms with E-state index in [0.717, 1.165) is 51.5 Å². The van der Waals surface area contributed by atoms with Gasteiger partial charge < -0.3 is 15.5 Å². The molecule has 5 rings (SSSR count). The van der Waals surface area contributed by atoms with E-state index in [1.165, 1.54) is 73.7 Å². The van der Waals surface area contributed by atoms with Crippen molar-refractivity contribution in [3.05, 3.63) is 59.7 Å². The van der Waals surface area contributed by atoms with Gasteiger partial charge in [0, 0.05) is 25.4 Å². The van der Waals surface area contributed by atoms with Crippen molar-refractivity contribution in [3.8, 4) is 11.1 Å². The Labute approximate surface area is 218 Å². The Kier molecular flexibility index (Phi) is 9.11. The van der Waals surface area contributed by atoms with Crippen LogP contribution in [-0.4, -0.2) is 50.1 Å². The van der Waals surface area contributed by atoms with Gasteiger partial charge in [0.15, 0.2) is 0 Å². The van der Waals surface area contributed by atoms with Crippen LogP contribution in [-0.2, 0) is 4.79 Å². The van der Waals surface area contributed by atoms with Crippen molar-refractivity contribution in [1.82, 2.24) is 15.5 Å². The normalized spacial score (nSPS) is 18.8. The number of carbonyl (C=O) groups is 1. The molecule has 2 aromatic rings. The minimum Gasteiger partial charge on any atom is -0.343 e. The number of nitrogens with one attached hydrogen (secondary N) is 2. The minimum absolute atomic E-state index is 0.196. The standard InChI is InChI=1S/C32H45N3O/c36-32(22-31-29-14-6-4-12-27(29)28-13-5-7-15-30(28)31)35-20-16-26(17-21-35)24-34-19-9-8-18-33-23-25-10-2-1-3-11-25/h4-7,12-15,25-26,31,33-34H,1-3,8-11,16-24H2. The van der Waals surface area contributed by atoms with Crippen LogP contribution in [0.3, 0.4) is 0 Å². The maximum atomic E-state index is 13.3. The van der Waals surface area contributed by atoms with Gasteiger partial charge >= 0.3 is 0 Å². The third-order valence-corrected chi connectivity index (χ3v) is 8.86. The number of hydrogen-bond donors (Lipinski definition) is 2. The fraction of sp³-hybridized carbons (Fsp3) is 0.594. The number of amides is 1. The predicted molar refractivity (Wildman–Crippen MR) is 149 cm³/mol. The van der Waals surface area contributed by atoms with Crippen LogP contribution in [0, 0.1) is 11.8 Å². The van der Waals surface area contributed by atoms with Crippen LogP contribution >= 0.6 is 0 Å². The second-order valence-corrected chi connectivity index (χ2v) is 11.4. The molecule has 1 saturated heterocycles. The number of carbonyl (C=O) groups excluding carboxylic acids is 1.